The first-order valence-electron chi connectivity index (χ1n) is 10.0. The first kappa shape index (κ1) is 17.7. The third-order valence-electron chi connectivity index (χ3n) is 7.98. The maximum Gasteiger partial charge on any atom is 0.191 e. The number of aliphatic hydroxyl groups excluding tert-OH is 1. The van der Waals surface area contributed by atoms with Crippen LogP contribution in [0.1, 0.15) is 30.0 Å². The van der Waals surface area contributed by atoms with Gasteiger partial charge in [-0.25, -0.2) is 9.98 Å². The quantitative estimate of drug-likeness (QED) is 0.385. The normalized spacial score (nSPS) is 49.1. The summed E-state index contributed by atoms with van der Waals surface area (Å²) in [7, 11) is 0. The van der Waals surface area contributed by atoms with Gasteiger partial charge in [0.1, 0.15) is 5.54 Å². The number of nitrogens with zero attached hydrogens (tertiary/aromatic N) is 3. The highest BCUT2D eigenvalue weighted by Gasteiger charge is 2.79. The number of guanidine groups is 1. The maximum atomic E-state index is 13.5. The average molecular weight is 418 g/mol. The second kappa shape index (κ2) is 5.33. The van der Waals surface area contributed by atoms with Crippen LogP contribution in [0.25, 0.3) is 0 Å². The molecule has 5 aliphatic rings. The van der Waals surface area contributed by atoms with E-state index in [-0.39, 0.29) is 29.5 Å². The predicted octanol–water partition coefficient (Wildman–Crippen LogP) is -0.633. The molecule has 2 fully saturated rings. The number of aliphatic hydroxyl groups is 1. The molecule has 0 saturated heterocycles. The fourth-order valence-corrected chi connectivity index (χ4v) is 7.80. The molecule has 2 aliphatic carbocycles. The van der Waals surface area contributed by atoms with Gasteiger partial charge in [0.2, 0.25) is 0 Å². The van der Waals surface area contributed by atoms with Crippen molar-refractivity contribution in [1.29, 1.82) is 0 Å². The Kier molecular flexibility index (Phi) is 3.26. The Morgan fingerprint density at radius 3 is 2.86 bits per heavy atom. The zero-order valence-corrected chi connectivity index (χ0v) is 16.7. The van der Waals surface area contributed by atoms with Crippen LogP contribution in [0.2, 0.25) is 0 Å². The number of rotatable bonds is 1. The molecule has 0 bridgehead atoms. The molecule has 6 rings (SSSR count). The summed E-state index contributed by atoms with van der Waals surface area (Å²) in [6.07, 6.45) is 1.07. The van der Waals surface area contributed by atoms with Crippen LogP contribution in [0.15, 0.2) is 28.3 Å². The monoisotopic (exact) mass is 417 g/mol. The van der Waals surface area contributed by atoms with Crippen molar-refractivity contribution in [3.05, 3.63) is 24.0 Å². The third kappa shape index (κ3) is 1.75. The van der Waals surface area contributed by atoms with Gasteiger partial charge in [-0.1, -0.05) is 0 Å². The lowest BCUT2D eigenvalue weighted by Gasteiger charge is -2.50. The number of hydrogen-bond donors (Lipinski definition) is 5. The second-order valence-corrected chi connectivity index (χ2v) is 9.46. The molecule has 0 amide bonds. The van der Waals surface area contributed by atoms with E-state index in [1.165, 1.54) is 0 Å². The lowest BCUT2D eigenvalue weighted by Crippen LogP contribution is -2.71. The summed E-state index contributed by atoms with van der Waals surface area (Å²) >= 11 is 7.01. The smallest absolute Gasteiger partial charge is 0.191 e. The van der Waals surface area contributed by atoms with Crippen LogP contribution in [-0.4, -0.2) is 56.5 Å². The van der Waals surface area contributed by atoms with Crippen LogP contribution < -0.4 is 22.1 Å². The van der Waals surface area contributed by atoms with E-state index in [0.29, 0.717) is 30.5 Å². The number of halogens is 1. The van der Waals surface area contributed by atoms with E-state index in [4.69, 9.17) is 28.1 Å². The van der Waals surface area contributed by atoms with Crippen LogP contribution >= 0.6 is 11.6 Å². The van der Waals surface area contributed by atoms with Gasteiger partial charge in [0.25, 0.3) is 0 Å². The van der Waals surface area contributed by atoms with Gasteiger partial charge in [-0.2, -0.15) is 0 Å². The maximum absolute atomic E-state index is 13.5. The zero-order chi connectivity index (χ0) is 20.3. The molecular formula is C19H24ClN7O2. The van der Waals surface area contributed by atoms with Crippen molar-refractivity contribution in [3.63, 3.8) is 0 Å². The molecule has 9 atom stereocenters. The Morgan fingerprint density at radius 1 is 1.38 bits per heavy atom. The van der Waals surface area contributed by atoms with Crippen molar-refractivity contribution in [2.24, 2.45) is 45.1 Å². The second-order valence-electron chi connectivity index (χ2n) is 8.99. The molecule has 0 aromatic carbocycles. The first-order chi connectivity index (χ1) is 13.9. The van der Waals surface area contributed by atoms with Gasteiger partial charge in [-0.15, -0.1) is 11.6 Å². The van der Waals surface area contributed by atoms with Crippen molar-refractivity contribution in [2.45, 2.75) is 42.2 Å². The van der Waals surface area contributed by atoms with E-state index >= 15 is 0 Å². The summed E-state index contributed by atoms with van der Waals surface area (Å²) in [5, 5.41) is 17.5. The van der Waals surface area contributed by atoms with Gasteiger partial charge in [0.05, 0.1) is 28.4 Å². The standard InChI is InChI=1S/C19H24ClN7O2/c1-7-23-16(29)19(25-7)13-8(9(6-21)14(19)20)5-10-12(28)11-3-2-4-27(11)15-18(10,13)26-17(22)24-15/h2-4,8-10,13-16,29H,5-6,21H2,1H3,(H,23,25)(H3,22,24,26)/t8-,9+,10?,13?,14+,15-,16-,18?,19?/m1/s1. The van der Waals surface area contributed by atoms with Crippen LogP contribution in [0.3, 0.4) is 0 Å². The van der Waals surface area contributed by atoms with Gasteiger partial charge < -0.3 is 31.8 Å². The molecule has 4 heterocycles. The fourth-order valence-electron chi connectivity index (χ4n) is 7.21. The van der Waals surface area contributed by atoms with E-state index < -0.39 is 28.8 Å². The minimum absolute atomic E-state index is 0.0282. The number of Topliss-reactive ketones (excluding diaryl/α,β-unsaturated/α-hetero) is 1. The number of nitrogens with two attached hydrogens (primary N) is 2. The van der Waals surface area contributed by atoms with E-state index in [2.05, 4.69) is 15.6 Å². The summed E-state index contributed by atoms with van der Waals surface area (Å²) < 4.78 is 1.90. The minimum Gasteiger partial charge on any atom is -0.370 e. The van der Waals surface area contributed by atoms with Crippen LogP contribution in [-0.2, 0) is 0 Å². The van der Waals surface area contributed by atoms with E-state index in [0.717, 1.165) is 0 Å². The van der Waals surface area contributed by atoms with Gasteiger partial charge in [-0.3, -0.25) is 4.79 Å². The molecule has 1 aromatic rings. The highest BCUT2D eigenvalue weighted by Crippen LogP contribution is 2.67. The molecule has 2 spiro atoms. The first-order valence-corrected chi connectivity index (χ1v) is 10.5. The third-order valence-corrected chi connectivity index (χ3v) is 8.67. The Morgan fingerprint density at radius 2 is 2.17 bits per heavy atom. The van der Waals surface area contributed by atoms with Crippen molar-refractivity contribution in [3.8, 4) is 0 Å². The number of fused-ring (bicyclic) bond motifs is 4. The molecule has 9 nitrogen and oxygen atoms in total. The lowest BCUT2D eigenvalue weighted by molar-refractivity contribution is 0.0102. The Labute approximate surface area is 172 Å². The molecule has 4 unspecified atom stereocenters. The molecule has 10 heteroatoms. The molecule has 154 valence electrons. The van der Waals surface area contributed by atoms with Crippen molar-refractivity contribution in [1.82, 2.24) is 15.2 Å². The predicted molar refractivity (Wildman–Crippen MR) is 108 cm³/mol. The SMILES string of the molecule is CC1=N[C@H](O)C2(N1)C1[C@H](CC3C(=O)c4cccn4[C@H]4N=C(N)NC314)[C@H](CN)[C@@H]2Cl. The number of nitrogens with one attached hydrogen (secondary N) is 2. The van der Waals surface area contributed by atoms with Crippen LogP contribution in [0.4, 0.5) is 0 Å². The summed E-state index contributed by atoms with van der Waals surface area (Å²) in [4.78, 5) is 22.6. The fraction of sp³-hybridized carbons (Fsp3) is 0.632. The molecule has 2 saturated carbocycles. The van der Waals surface area contributed by atoms with E-state index in [1.807, 2.05) is 29.8 Å². The van der Waals surface area contributed by atoms with Gasteiger partial charge >= 0.3 is 0 Å². The highest BCUT2D eigenvalue weighted by molar-refractivity contribution is 6.22. The van der Waals surface area contributed by atoms with Gasteiger partial charge in [-0.05, 0) is 43.9 Å². The minimum atomic E-state index is -1.03. The molecule has 0 radical (unpaired) electrons. The van der Waals surface area contributed by atoms with Gasteiger partial charge in [0.15, 0.2) is 24.1 Å². The Balaban J connectivity index is 1.60. The number of carbonyl (C=O) groups is 1. The van der Waals surface area contributed by atoms with Crippen molar-refractivity contribution >= 4 is 29.2 Å². The van der Waals surface area contributed by atoms with E-state index in [1.54, 1.807) is 0 Å². The summed E-state index contributed by atoms with van der Waals surface area (Å²) in [6, 6.07) is 3.69. The molecule has 3 aliphatic heterocycles. The van der Waals surface area contributed by atoms with Crippen LogP contribution in [0.5, 0.6) is 0 Å². The van der Waals surface area contributed by atoms with E-state index in [9.17, 15) is 9.90 Å². The topological polar surface area (TPSA) is 143 Å². The number of hydrogen-bond acceptors (Lipinski definition) is 8. The van der Waals surface area contributed by atoms with Crippen molar-refractivity contribution in [2.75, 3.05) is 6.54 Å². The van der Waals surface area contributed by atoms with Crippen molar-refractivity contribution < 1.29 is 9.90 Å². The largest absolute Gasteiger partial charge is 0.370 e. The summed E-state index contributed by atoms with van der Waals surface area (Å²) in [6.45, 7) is 2.19. The lowest BCUT2D eigenvalue weighted by atomic mass is 9.66. The van der Waals surface area contributed by atoms with Gasteiger partial charge in [0, 0.05) is 12.1 Å². The summed E-state index contributed by atoms with van der Waals surface area (Å²) in [5.41, 5.74) is 11.3. The average Bonchev–Trinajstić information content (AvgIpc) is 3.42. The molecular weight excluding hydrogens is 394 g/mol. The highest BCUT2D eigenvalue weighted by atomic mass is 35.5. The number of aromatic nitrogens is 1. The molecule has 7 N–H and O–H groups in total. The number of alkyl halides is 1. The summed E-state index contributed by atoms with van der Waals surface area (Å²) in [5.74, 6) is 0.396. The number of carbonyl (C=O) groups excluding carboxylic acids is 1. The van der Waals surface area contributed by atoms with Crippen LogP contribution in [0, 0.1) is 23.7 Å². The molecule has 1 aromatic heterocycles. The Hall–Kier alpha value is -2.10. The number of aliphatic imine (C=N–C) groups is 2. The zero-order valence-electron chi connectivity index (χ0n) is 15.9. The Bertz CT molecular complexity index is 991. The molecule has 29 heavy (non-hydrogen) atoms. The number of ketones is 1. The number of amidine groups is 1.